The third-order valence-corrected chi connectivity index (χ3v) is 5.23. The van der Waals surface area contributed by atoms with Gasteiger partial charge in [0.2, 0.25) is 0 Å². The molecule has 0 saturated heterocycles. The molecule has 0 aliphatic carbocycles. The number of hydrogen-bond donors (Lipinski definition) is 3. The molecule has 26 heavy (non-hydrogen) atoms. The highest BCUT2D eigenvalue weighted by Gasteiger charge is 2.14. The molecule has 2 heterocycles. The van der Waals surface area contributed by atoms with Gasteiger partial charge in [-0.25, -0.2) is 4.98 Å². The minimum Gasteiger partial charge on any atom is -0.458 e. The van der Waals surface area contributed by atoms with E-state index in [-0.39, 0.29) is 5.91 Å². The number of aromatic nitrogens is 1. The Morgan fingerprint density at radius 1 is 1.31 bits per heavy atom. The Hall–Kier alpha value is -2.55. The van der Waals surface area contributed by atoms with E-state index in [0.29, 0.717) is 16.3 Å². The fourth-order valence-corrected chi connectivity index (χ4v) is 3.40. The van der Waals surface area contributed by atoms with Crippen molar-refractivity contribution in [2.24, 2.45) is 10.9 Å². The van der Waals surface area contributed by atoms with E-state index in [9.17, 15) is 4.79 Å². The smallest absolute Gasteiger partial charge is 0.265 e. The van der Waals surface area contributed by atoms with Gasteiger partial charge in [-0.15, -0.1) is 11.3 Å². The lowest BCUT2D eigenvalue weighted by Gasteiger charge is -2.08. The van der Waals surface area contributed by atoms with E-state index in [2.05, 4.69) is 10.3 Å². The van der Waals surface area contributed by atoms with Gasteiger partial charge in [-0.3, -0.25) is 9.93 Å². The quantitative estimate of drug-likeness (QED) is 0.450. The Bertz CT molecular complexity index is 940. The number of nitrogens with zero attached hydrogens (tertiary/aromatic N) is 1. The molecule has 1 aromatic carbocycles. The van der Waals surface area contributed by atoms with Gasteiger partial charge in [0.25, 0.3) is 5.91 Å². The van der Waals surface area contributed by atoms with Crippen LogP contribution in [-0.2, 0) is 4.79 Å². The van der Waals surface area contributed by atoms with Crippen molar-refractivity contribution in [2.45, 2.75) is 13.8 Å². The number of anilines is 1. The van der Waals surface area contributed by atoms with Crippen LogP contribution in [0.15, 0.2) is 56.9 Å². The molecule has 0 fully saturated rings. The average molecular weight is 387 g/mol. The van der Waals surface area contributed by atoms with Gasteiger partial charge in [-0.2, -0.15) is 0 Å². The topological polar surface area (TPSA) is 107 Å². The van der Waals surface area contributed by atoms with Crippen LogP contribution in [0.5, 0.6) is 0 Å². The average Bonchev–Trinajstić information content (AvgIpc) is 3.25. The summed E-state index contributed by atoms with van der Waals surface area (Å²) in [6, 6.07) is 9.48. The minimum atomic E-state index is -0.323. The lowest BCUT2D eigenvalue weighted by molar-refractivity contribution is -0.112. The Labute approximate surface area is 159 Å². The molecule has 0 bridgehead atoms. The van der Waals surface area contributed by atoms with E-state index < -0.39 is 0 Å². The Kier molecular flexibility index (Phi) is 5.46. The van der Waals surface area contributed by atoms with Crippen molar-refractivity contribution in [1.29, 1.82) is 0 Å². The van der Waals surface area contributed by atoms with Crippen LogP contribution in [0.4, 0.5) is 5.69 Å². The molecule has 0 aliphatic heterocycles. The molecule has 0 aliphatic rings. The Morgan fingerprint density at radius 2 is 2.04 bits per heavy atom. The molecule has 134 valence electrons. The first-order chi connectivity index (χ1) is 12.5. The van der Waals surface area contributed by atoms with Crippen LogP contribution in [0, 0.1) is 6.92 Å². The highest BCUT2D eigenvalue weighted by molar-refractivity contribution is 8.01. The highest BCUT2D eigenvalue weighted by Crippen LogP contribution is 2.33. The van der Waals surface area contributed by atoms with E-state index in [1.54, 1.807) is 13.1 Å². The number of amides is 1. The maximum absolute atomic E-state index is 12.2. The summed E-state index contributed by atoms with van der Waals surface area (Å²) in [5, 5.41) is 11.0. The second-order valence-electron chi connectivity index (χ2n) is 5.58. The summed E-state index contributed by atoms with van der Waals surface area (Å²) in [5.41, 5.74) is 8.69. The fourth-order valence-electron chi connectivity index (χ4n) is 2.47. The monoisotopic (exact) mass is 386 g/mol. The number of rotatable bonds is 5. The molecule has 3 rings (SSSR count). The lowest BCUT2D eigenvalue weighted by atomic mass is 10.1. The minimum absolute atomic E-state index is 0.299. The summed E-state index contributed by atoms with van der Waals surface area (Å²) in [5.74, 6) is 1.24. The molecule has 6 nitrogen and oxygen atoms in total. The van der Waals surface area contributed by atoms with Gasteiger partial charge in [0.1, 0.15) is 10.7 Å². The van der Waals surface area contributed by atoms with E-state index in [1.807, 2.05) is 42.6 Å². The molecule has 0 unspecified atom stereocenters. The normalized spacial score (nSPS) is 12.0. The van der Waals surface area contributed by atoms with Crippen LogP contribution >= 0.6 is 23.3 Å². The predicted molar refractivity (Wildman–Crippen MR) is 107 cm³/mol. The number of carbonyl (C=O) groups excluding carboxylic acids is 1. The second-order valence-corrected chi connectivity index (χ2v) is 7.12. The van der Waals surface area contributed by atoms with Crippen LogP contribution in [-0.4, -0.2) is 10.9 Å². The predicted octanol–water partition coefficient (Wildman–Crippen LogP) is 4.11. The maximum Gasteiger partial charge on any atom is 0.265 e. The molecule has 3 aromatic rings. The number of hydrogen-bond acceptors (Lipinski definition) is 7. The van der Waals surface area contributed by atoms with Gasteiger partial charge in [-0.1, -0.05) is 12.1 Å². The van der Waals surface area contributed by atoms with Crippen molar-refractivity contribution in [1.82, 2.24) is 4.98 Å². The number of carbonyl (C=O) groups is 1. The Balaban J connectivity index is 1.80. The summed E-state index contributed by atoms with van der Waals surface area (Å²) in [6.45, 7) is 3.56. The van der Waals surface area contributed by atoms with Gasteiger partial charge >= 0.3 is 0 Å². The summed E-state index contributed by atoms with van der Waals surface area (Å²) >= 11 is 2.36. The number of furan rings is 1. The molecule has 0 atom stereocenters. The zero-order valence-corrected chi connectivity index (χ0v) is 15.9. The number of nitrogens with one attached hydrogen (secondary N) is 1. The molecule has 0 radical (unpaired) electrons. The highest BCUT2D eigenvalue weighted by atomic mass is 32.2. The number of allylic oxidation sites excluding steroid dienone is 1. The molecular formula is C18H18N4O2S2. The number of thiazole rings is 1. The zero-order valence-electron chi connectivity index (χ0n) is 14.3. The van der Waals surface area contributed by atoms with Crippen LogP contribution in [0.2, 0.25) is 0 Å². The summed E-state index contributed by atoms with van der Waals surface area (Å²) in [4.78, 5) is 16.7. The van der Waals surface area contributed by atoms with Crippen molar-refractivity contribution >= 4 is 34.9 Å². The van der Waals surface area contributed by atoms with Gasteiger partial charge in [0, 0.05) is 28.5 Å². The SMILES string of the molecule is C/C(N)=C(/SN)C(=O)Nc1ccc(-c2cc(-c3nccs3)oc2C)cc1. The van der Waals surface area contributed by atoms with Crippen LogP contribution in [0.25, 0.3) is 21.9 Å². The number of aryl methyl sites for hydroxylation is 1. The third-order valence-electron chi connectivity index (χ3n) is 3.70. The van der Waals surface area contributed by atoms with Crippen LogP contribution in [0.3, 0.4) is 0 Å². The molecule has 8 heteroatoms. The second kappa shape index (κ2) is 7.77. The largest absolute Gasteiger partial charge is 0.458 e. The number of nitrogens with two attached hydrogens (primary N) is 2. The lowest BCUT2D eigenvalue weighted by Crippen LogP contribution is -2.17. The van der Waals surface area contributed by atoms with Crippen molar-refractivity contribution < 1.29 is 9.21 Å². The van der Waals surface area contributed by atoms with Crippen molar-refractivity contribution in [3.8, 4) is 21.9 Å². The van der Waals surface area contributed by atoms with Crippen LogP contribution in [0.1, 0.15) is 12.7 Å². The molecule has 0 spiro atoms. The van der Waals surface area contributed by atoms with Crippen molar-refractivity contribution in [3.05, 3.63) is 58.3 Å². The van der Waals surface area contributed by atoms with E-state index in [1.165, 1.54) is 11.3 Å². The van der Waals surface area contributed by atoms with E-state index in [4.69, 9.17) is 15.3 Å². The van der Waals surface area contributed by atoms with Crippen LogP contribution < -0.4 is 16.2 Å². The van der Waals surface area contributed by atoms with Gasteiger partial charge in [-0.05, 0) is 49.6 Å². The van der Waals surface area contributed by atoms with Crippen molar-refractivity contribution in [3.63, 3.8) is 0 Å². The summed E-state index contributed by atoms with van der Waals surface area (Å²) in [7, 11) is 0. The fraction of sp³-hybridized carbons (Fsp3) is 0.111. The standard InChI is InChI=1S/C18H18N4O2S2/c1-10(19)16(26-20)17(23)22-13-5-3-12(4-6-13)14-9-15(24-11(14)2)18-21-7-8-25-18/h3-9H,19-20H2,1-2H3,(H,22,23)/b16-10-. The van der Waals surface area contributed by atoms with Gasteiger partial charge in [0.05, 0.1) is 0 Å². The first-order valence-electron chi connectivity index (χ1n) is 7.74. The summed E-state index contributed by atoms with van der Waals surface area (Å²) in [6.07, 6.45) is 1.75. The van der Waals surface area contributed by atoms with Crippen molar-refractivity contribution in [2.75, 3.05) is 5.32 Å². The first kappa shape index (κ1) is 18.2. The zero-order chi connectivity index (χ0) is 18.7. The maximum atomic E-state index is 12.2. The van der Waals surface area contributed by atoms with E-state index >= 15 is 0 Å². The molecule has 0 saturated carbocycles. The summed E-state index contributed by atoms with van der Waals surface area (Å²) < 4.78 is 5.82. The first-order valence-corrected chi connectivity index (χ1v) is 9.50. The third kappa shape index (κ3) is 3.82. The Morgan fingerprint density at radius 3 is 2.62 bits per heavy atom. The molecule has 5 N–H and O–H groups in total. The van der Waals surface area contributed by atoms with Gasteiger partial charge < -0.3 is 15.5 Å². The molecule has 1 amide bonds. The molecular weight excluding hydrogens is 368 g/mol. The van der Waals surface area contributed by atoms with E-state index in [0.717, 1.165) is 39.6 Å². The number of benzene rings is 1. The molecule has 2 aromatic heterocycles. The van der Waals surface area contributed by atoms with Gasteiger partial charge in [0.15, 0.2) is 10.8 Å².